The van der Waals surface area contributed by atoms with Gasteiger partial charge in [0.15, 0.2) is 0 Å². The third kappa shape index (κ3) is 4.34. The Hall–Kier alpha value is -1.10. The van der Waals surface area contributed by atoms with E-state index in [1.54, 1.807) is 0 Å². The average molecular weight is 242 g/mol. The predicted octanol–water partition coefficient (Wildman–Crippen LogP) is 0.651. The largest absolute Gasteiger partial charge is 0.480 e. The molecule has 17 heavy (non-hydrogen) atoms. The summed E-state index contributed by atoms with van der Waals surface area (Å²) in [5, 5.41) is 8.74. The first-order valence-corrected chi connectivity index (χ1v) is 6.04. The third-order valence-electron chi connectivity index (χ3n) is 2.88. The molecule has 5 nitrogen and oxygen atoms in total. The lowest BCUT2D eigenvalue weighted by Crippen LogP contribution is -2.42. The van der Waals surface area contributed by atoms with Crippen molar-refractivity contribution in [1.82, 2.24) is 9.80 Å². The van der Waals surface area contributed by atoms with E-state index in [1.165, 1.54) is 0 Å². The van der Waals surface area contributed by atoms with E-state index in [4.69, 9.17) is 5.11 Å². The van der Waals surface area contributed by atoms with Gasteiger partial charge in [-0.05, 0) is 6.42 Å². The van der Waals surface area contributed by atoms with Crippen LogP contribution in [0.5, 0.6) is 0 Å². The number of hydrogen-bond acceptors (Lipinski definition) is 3. The Bertz CT molecular complexity index is 297. The van der Waals surface area contributed by atoms with Gasteiger partial charge in [0.1, 0.15) is 0 Å². The molecule has 0 saturated carbocycles. The van der Waals surface area contributed by atoms with E-state index in [2.05, 4.69) is 0 Å². The molecule has 0 aromatic carbocycles. The highest BCUT2D eigenvalue weighted by molar-refractivity contribution is 5.81. The third-order valence-corrected chi connectivity index (χ3v) is 2.88. The summed E-state index contributed by atoms with van der Waals surface area (Å²) in [7, 11) is 0. The van der Waals surface area contributed by atoms with E-state index in [-0.39, 0.29) is 17.9 Å². The van der Waals surface area contributed by atoms with Crippen molar-refractivity contribution in [2.75, 3.05) is 32.7 Å². The molecular weight excluding hydrogens is 220 g/mol. The fraction of sp³-hybridized carbons (Fsp3) is 0.833. The zero-order chi connectivity index (χ0) is 13.1. The number of aliphatic carboxylic acids is 1. The Morgan fingerprint density at radius 1 is 1.12 bits per heavy atom. The standard InChI is InChI=1S/C12H22N2O3/c1-12(2,3)11(17)14-6-4-5-13(7-8-14)9-10(15)16/h4-9H2,1-3H3,(H,15,16). The van der Waals surface area contributed by atoms with E-state index in [0.717, 1.165) is 19.5 Å². The molecule has 1 saturated heterocycles. The van der Waals surface area contributed by atoms with Gasteiger partial charge in [0.25, 0.3) is 0 Å². The molecule has 0 atom stereocenters. The molecule has 0 aromatic heterocycles. The molecular formula is C12H22N2O3. The number of hydrogen-bond donors (Lipinski definition) is 1. The van der Waals surface area contributed by atoms with Crippen LogP contribution in [0.1, 0.15) is 27.2 Å². The number of amides is 1. The second-order valence-corrected chi connectivity index (χ2v) is 5.57. The fourth-order valence-corrected chi connectivity index (χ4v) is 2.00. The Morgan fingerprint density at radius 2 is 1.76 bits per heavy atom. The molecule has 1 aliphatic rings. The second kappa shape index (κ2) is 5.49. The lowest BCUT2D eigenvalue weighted by Gasteiger charge is -2.28. The van der Waals surface area contributed by atoms with Crippen LogP contribution in [-0.2, 0) is 9.59 Å². The van der Waals surface area contributed by atoms with E-state index >= 15 is 0 Å². The van der Waals surface area contributed by atoms with Gasteiger partial charge in [-0.3, -0.25) is 14.5 Å². The molecule has 0 radical (unpaired) electrons. The summed E-state index contributed by atoms with van der Waals surface area (Å²) in [6, 6.07) is 0. The first kappa shape index (κ1) is 14.0. The van der Waals surface area contributed by atoms with E-state index in [1.807, 2.05) is 30.6 Å². The summed E-state index contributed by atoms with van der Waals surface area (Å²) in [5.74, 6) is -0.657. The summed E-state index contributed by atoms with van der Waals surface area (Å²) < 4.78 is 0. The van der Waals surface area contributed by atoms with Crippen molar-refractivity contribution < 1.29 is 14.7 Å². The van der Waals surface area contributed by atoms with Crippen LogP contribution in [0.2, 0.25) is 0 Å². The van der Waals surface area contributed by atoms with Gasteiger partial charge in [0.05, 0.1) is 6.54 Å². The quantitative estimate of drug-likeness (QED) is 0.772. The van der Waals surface area contributed by atoms with Crippen LogP contribution in [0.15, 0.2) is 0 Å². The van der Waals surface area contributed by atoms with Crippen molar-refractivity contribution >= 4 is 11.9 Å². The Morgan fingerprint density at radius 3 is 2.29 bits per heavy atom. The number of carboxylic acid groups (broad SMARTS) is 1. The SMILES string of the molecule is CC(C)(C)C(=O)N1CCCN(CC(=O)O)CC1. The monoisotopic (exact) mass is 242 g/mol. The predicted molar refractivity (Wildman–Crippen MR) is 64.7 cm³/mol. The van der Waals surface area contributed by atoms with Gasteiger partial charge < -0.3 is 10.0 Å². The molecule has 1 rings (SSSR count). The molecule has 5 heteroatoms. The summed E-state index contributed by atoms with van der Waals surface area (Å²) in [4.78, 5) is 26.5. The van der Waals surface area contributed by atoms with Gasteiger partial charge in [-0.1, -0.05) is 20.8 Å². The zero-order valence-corrected chi connectivity index (χ0v) is 10.9. The number of nitrogens with zero attached hydrogens (tertiary/aromatic N) is 2. The first-order chi connectivity index (χ1) is 7.80. The highest BCUT2D eigenvalue weighted by Crippen LogP contribution is 2.18. The summed E-state index contributed by atoms with van der Waals surface area (Å²) in [5.41, 5.74) is -0.359. The second-order valence-electron chi connectivity index (χ2n) is 5.57. The van der Waals surface area contributed by atoms with Crippen molar-refractivity contribution in [2.24, 2.45) is 5.41 Å². The van der Waals surface area contributed by atoms with Crippen molar-refractivity contribution in [2.45, 2.75) is 27.2 Å². The van der Waals surface area contributed by atoms with Crippen LogP contribution >= 0.6 is 0 Å². The number of carbonyl (C=O) groups excluding carboxylic acids is 1. The minimum absolute atomic E-state index is 0.0670. The average Bonchev–Trinajstić information content (AvgIpc) is 2.40. The number of carbonyl (C=O) groups is 2. The van der Waals surface area contributed by atoms with Gasteiger partial charge in [-0.25, -0.2) is 0 Å². The summed E-state index contributed by atoms with van der Waals surface area (Å²) in [6.07, 6.45) is 0.842. The lowest BCUT2D eigenvalue weighted by molar-refractivity contribution is -0.139. The Balaban J connectivity index is 2.53. The molecule has 0 aromatic rings. The fourth-order valence-electron chi connectivity index (χ4n) is 2.00. The van der Waals surface area contributed by atoms with Gasteiger partial charge >= 0.3 is 5.97 Å². The van der Waals surface area contributed by atoms with Gasteiger partial charge in [-0.15, -0.1) is 0 Å². The van der Waals surface area contributed by atoms with E-state index in [0.29, 0.717) is 13.1 Å². The maximum Gasteiger partial charge on any atom is 0.317 e. The summed E-state index contributed by atoms with van der Waals surface area (Å²) in [6.45, 7) is 8.56. The first-order valence-electron chi connectivity index (χ1n) is 6.04. The minimum atomic E-state index is -0.805. The van der Waals surface area contributed by atoms with E-state index in [9.17, 15) is 9.59 Å². The van der Waals surface area contributed by atoms with Crippen molar-refractivity contribution in [3.05, 3.63) is 0 Å². The van der Waals surface area contributed by atoms with Crippen LogP contribution < -0.4 is 0 Å². The van der Waals surface area contributed by atoms with Crippen LogP contribution in [-0.4, -0.2) is 59.5 Å². The van der Waals surface area contributed by atoms with Crippen LogP contribution in [0.4, 0.5) is 0 Å². The maximum atomic E-state index is 12.1. The highest BCUT2D eigenvalue weighted by atomic mass is 16.4. The van der Waals surface area contributed by atoms with E-state index < -0.39 is 5.97 Å². The van der Waals surface area contributed by atoms with Crippen molar-refractivity contribution in [3.8, 4) is 0 Å². The van der Waals surface area contributed by atoms with Gasteiger partial charge in [0, 0.05) is 31.6 Å². The van der Waals surface area contributed by atoms with Gasteiger partial charge in [0.2, 0.25) is 5.91 Å². The van der Waals surface area contributed by atoms with Crippen molar-refractivity contribution in [3.63, 3.8) is 0 Å². The summed E-state index contributed by atoms with van der Waals surface area (Å²) >= 11 is 0. The molecule has 1 amide bonds. The molecule has 0 unspecified atom stereocenters. The van der Waals surface area contributed by atoms with Gasteiger partial charge in [-0.2, -0.15) is 0 Å². The normalized spacial score (nSPS) is 18.9. The van der Waals surface area contributed by atoms with Crippen molar-refractivity contribution in [1.29, 1.82) is 0 Å². The lowest BCUT2D eigenvalue weighted by atomic mass is 9.94. The molecule has 1 fully saturated rings. The number of rotatable bonds is 2. The molecule has 98 valence electrons. The van der Waals surface area contributed by atoms with Crippen LogP contribution in [0.25, 0.3) is 0 Å². The maximum absolute atomic E-state index is 12.1. The molecule has 0 aliphatic carbocycles. The Kier molecular flexibility index (Phi) is 4.51. The molecule has 1 heterocycles. The number of carboxylic acids is 1. The smallest absolute Gasteiger partial charge is 0.317 e. The minimum Gasteiger partial charge on any atom is -0.480 e. The van der Waals surface area contributed by atoms with Crippen LogP contribution in [0, 0.1) is 5.41 Å². The molecule has 0 spiro atoms. The van der Waals surface area contributed by atoms with Crippen LogP contribution in [0.3, 0.4) is 0 Å². The molecule has 0 bridgehead atoms. The molecule has 1 aliphatic heterocycles. The highest BCUT2D eigenvalue weighted by Gasteiger charge is 2.28. The topological polar surface area (TPSA) is 60.9 Å². The zero-order valence-electron chi connectivity index (χ0n) is 10.9. The Labute approximate surface area is 102 Å². The molecule has 1 N–H and O–H groups in total.